The van der Waals surface area contributed by atoms with Crippen molar-refractivity contribution in [3.8, 4) is 17.2 Å². The van der Waals surface area contributed by atoms with Crippen LogP contribution in [0.4, 0.5) is 4.39 Å². The summed E-state index contributed by atoms with van der Waals surface area (Å²) in [6.07, 6.45) is 0. The Bertz CT molecular complexity index is 1810. The first-order valence-corrected chi connectivity index (χ1v) is 14.4. The van der Waals surface area contributed by atoms with Crippen LogP contribution in [-0.4, -0.2) is 47.8 Å². The zero-order chi connectivity index (χ0) is 30.0. The summed E-state index contributed by atoms with van der Waals surface area (Å²) in [5.41, 5.74) is 1.57. The van der Waals surface area contributed by atoms with Crippen LogP contribution in [0.15, 0.2) is 89.8 Å². The van der Waals surface area contributed by atoms with Crippen LogP contribution in [0.5, 0.6) is 11.5 Å². The molecular formula is C30H25ClFN3O6S. The SMILES string of the molecule is COc1ccc(CN(Cc2ccc(OC)cc2)S(=O)(=O)c2cc(C(=O)O)cc3c2c(Cl)nn3-c2ccc(F)cc2)cc1. The van der Waals surface area contributed by atoms with Gasteiger partial charge in [0.1, 0.15) is 17.3 Å². The summed E-state index contributed by atoms with van der Waals surface area (Å²) in [5.74, 6) is -0.602. The van der Waals surface area contributed by atoms with E-state index < -0.39 is 21.8 Å². The molecule has 0 saturated carbocycles. The first-order valence-electron chi connectivity index (χ1n) is 12.6. The van der Waals surface area contributed by atoms with Crippen molar-refractivity contribution in [2.45, 2.75) is 18.0 Å². The highest BCUT2D eigenvalue weighted by atomic mass is 35.5. The van der Waals surface area contributed by atoms with E-state index in [1.807, 2.05) is 0 Å². The van der Waals surface area contributed by atoms with Crippen LogP contribution in [0.3, 0.4) is 0 Å². The summed E-state index contributed by atoms with van der Waals surface area (Å²) in [4.78, 5) is 11.8. The van der Waals surface area contributed by atoms with Crippen molar-refractivity contribution in [1.29, 1.82) is 0 Å². The molecule has 0 atom stereocenters. The molecule has 5 rings (SSSR count). The van der Waals surface area contributed by atoms with Crippen LogP contribution in [0.25, 0.3) is 16.6 Å². The average Bonchev–Trinajstić information content (AvgIpc) is 3.33. The molecule has 0 bridgehead atoms. The van der Waals surface area contributed by atoms with Crippen LogP contribution in [0.1, 0.15) is 21.5 Å². The van der Waals surface area contributed by atoms with E-state index in [1.165, 1.54) is 53.5 Å². The third-order valence-corrected chi connectivity index (χ3v) is 8.76. The highest BCUT2D eigenvalue weighted by Gasteiger charge is 2.31. The van der Waals surface area contributed by atoms with E-state index in [0.717, 1.165) is 6.07 Å². The number of aromatic carboxylic acids is 1. The number of carbonyl (C=O) groups is 1. The summed E-state index contributed by atoms with van der Waals surface area (Å²) < 4.78 is 55.5. The molecule has 0 aliphatic carbocycles. The van der Waals surface area contributed by atoms with E-state index in [1.54, 1.807) is 48.5 Å². The Labute approximate surface area is 246 Å². The van der Waals surface area contributed by atoms with E-state index >= 15 is 0 Å². The van der Waals surface area contributed by atoms with Crippen molar-refractivity contribution in [2.75, 3.05) is 14.2 Å². The van der Waals surface area contributed by atoms with Crippen LogP contribution in [0, 0.1) is 5.82 Å². The highest BCUT2D eigenvalue weighted by molar-refractivity contribution is 7.89. The van der Waals surface area contributed by atoms with E-state index in [9.17, 15) is 22.7 Å². The molecule has 42 heavy (non-hydrogen) atoms. The van der Waals surface area contributed by atoms with Gasteiger partial charge in [-0.1, -0.05) is 35.9 Å². The fraction of sp³-hybridized carbons (Fsp3) is 0.133. The third-order valence-electron chi connectivity index (χ3n) is 6.68. The van der Waals surface area contributed by atoms with Gasteiger partial charge in [-0.15, -0.1) is 0 Å². The Balaban J connectivity index is 1.68. The number of methoxy groups -OCH3 is 2. The minimum Gasteiger partial charge on any atom is -0.497 e. The van der Waals surface area contributed by atoms with Crippen LogP contribution >= 0.6 is 11.6 Å². The third kappa shape index (κ3) is 5.80. The average molecular weight is 610 g/mol. The number of benzene rings is 4. The molecule has 0 saturated heterocycles. The largest absolute Gasteiger partial charge is 0.497 e. The fourth-order valence-electron chi connectivity index (χ4n) is 4.51. The normalized spacial score (nSPS) is 11.6. The molecule has 0 fully saturated rings. The molecule has 1 aromatic heterocycles. The quantitative estimate of drug-likeness (QED) is 0.209. The summed E-state index contributed by atoms with van der Waals surface area (Å²) in [6, 6.07) is 21.5. The van der Waals surface area contributed by atoms with E-state index in [0.29, 0.717) is 28.3 Å². The molecule has 0 radical (unpaired) electrons. The van der Waals surface area contributed by atoms with Gasteiger partial charge in [0.15, 0.2) is 5.15 Å². The Morgan fingerprint density at radius 1 is 0.905 bits per heavy atom. The number of hydrogen-bond donors (Lipinski definition) is 1. The van der Waals surface area contributed by atoms with Crippen LogP contribution in [-0.2, 0) is 23.1 Å². The maximum absolute atomic E-state index is 14.5. The maximum atomic E-state index is 14.5. The molecule has 0 aliphatic heterocycles. The lowest BCUT2D eigenvalue weighted by Crippen LogP contribution is -2.30. The summed E-state index contributed by atoms with van der Waals surface area (Å²) >= 11 is 6.53. The number of aromatic nitrogens is 2. The van der Waals surface area contributed by atoms with Crippen molar-refractivity contribution in [3.05, 3.63) is 113 Å². The van der Waals surface area contributed by atoms with Gasteiger partial charge in [-0.2, -0.15) is 9.40 Å². The van der Waals surface area contributed by atoms with Gasteiger partial charge in [-0.05, 0) is 71.8 Å². The number of rotatable bonds is 10. The number of carboxylic acid groups (broad SMARTS) is 1. The number of nitrogens with zero attached hydrogens (tertiary/aromatic N) is 3. The first kappa shape index (κ1) is 29.1. The Hall–Kier alpha value is -4.45. The number of sulfonamides is 1. The monoisotopic (exact) mass is 609 g/mol. The van der Waals surface area contributed by atoms with E-state index in [-0.39, 0.29) is 39.6 Å². The van der Waals surface area contributed by atoms with Crippen molar-refractivity contribution in [2.24, 2.45) is 0 Å². The van der Waals surface area contributed by atoms with Gasteiger partial charge in [-0.3, -0.25) is 0 Å². The highest BCUT2D eigenvalue weighted by Crippen LogP contribution is 2.35. The predicted octanol–water partition coefficient (Wildman–Crippen LogP) is 5.92. The standard InChI is InChI=1S/C30H25ClFN3O6S/c1-40-24-11-3-19(4-12-24)17-34(18-20-5-13-25(41-2)14-6-20)42(38,39)27-16-21(30(36)37)15-26-28(27)29(31)33-35(26)23-9-7-22(32)8-10-23/h3-16H,17-18H2,1-2H3,(H,36,37). The molecular weight excluding hydrogens is 585 g/mol. The lowest BCUT2D eigenvalue weighted by atomic mass is 10.1. The fourth-order valence-corrected chi connectivity index (χ4v) is 6.49. The molecule has 1 heterocycles. The smallest absolute Gasteiger partial charge is 0.335 e. The number of ether oxygens (including phenoxy) is 2. The Morgan fingerprint density at radius 2 is 1.43 bits per heavy atom. The second kappa shape index (κ2) is 11.8. The zero-order valence-electron chi connectivity index (χ0n) is 22.5. The van der Waals surface area contributed by atoms with Gasteiger partial charge < -0.3 is 14.6 Å². The summed E-state index contributed by atoms with van der Waals surface area (Å²) in [6.45, 7) is -0.0816. The second-order valence-corrected chi connectivity index (χ2v) is 11.6. The molecule has 0 unspecified atom stereocenters. The molecule has 0 spiro atoms. The van der Waals surface area contributed by atoms with Crippen molar-refractivity contribution in [1.82, 2.24) is 14.1 Å². The number of carboxylic acids is 1. The Kier molecular flexibility index (Phi) is 8.17. The second-order valence-electron chi connectivity index (χ2n) is 9.32. The summed E-state index contributed by atoms with van der Waals surface area (Å²) in [7, 11) is -1.33. The van der Waals surface area contributed by atoms with Crippen molar-refractivity contribution >= 4 is 38.5 Å². The molecule has 0 amide bonds. The minimum atomic E-state index is -4.40. The topological polar surface area (TPSA) is 111 Å². The lowest BCUT2D eigenvalue weighted by Gasteiger charge is -2.23. The van der Waals surface area contributed by atoms with Crippen molar-refractivity contribution < 1.29 is 32.2 Å². The predicted molar refractivity (Wildman–Crippen MR) is 155 cm³/mol. The molecule has 0 aliphatic rings. The van der Waals surface area contributed by atoms with Gasteiger partial charge in [0, 0.05) is 13.1 Å². The number of halogens is 2. The molecule has 216 valence electrons. The molecule has 4 aromatic carbocycles. The minimum absolute atomic E-state index is 0.0408. The lowest BCUT2D eigenvalue weighted by molar-refractivity contribution is 0.0696. The molecule has 1 N–H and O–H groups in total. The molecule has 5 aromatic rings. The van der Waals surface area contributed by atoms with Gasteiger partial charge in [-0.25, -0.2) is 22.3 Å². The van der Waals surface area contributed by atoms with Crippen LogP contribution < -0.4 is 9.47 Å². The summed E-state index contributed by atoms with van der Waals surface area (Å²) in [5, 5.41) is 14.1. The van der Waals surface area contributed by atoms with Crippen molar-refractivity contribution in [3.63, 3.8) is 0 Å². The van der Waals surface area contributed by atoms with Gasteiger partial charge in [0.2, 0.25) is 10.0 Å². The zero-order valence-corrected chi connectivity index (χ0v) is 24.1. The maximum Gasteiger partial charge on any atom is 0.335 e. The Morgan fingerprint density at radius 3 is 1.90 bits per heavy atom. The van der Waals surface area contributed by atoms with E-state index in [4.69, 9.17) is 21.1 Å². The molecule has 12 heteroatoms. The molecule has 9 nitrogen and oxygen atoms in total. The van der Waals surface area contributed by atoms with Gasteiger partial charge in [0.05, 0.1) is 41.3 Å². The number of fused-ring (bicyclic) bond motifs is 1. The van der Waals surface area contributed by atoms with Crippen LogP contribution in [0.2, 0.25) is 5.15 Å². The van der Waals surface area contributed by atoms with Gasteiger partial charge in [0.25, 0.3) is 0 Å². The first-order chi connectivity index (χ1) is 20.1. The number of hydrogen-bond acceptors (Lipinski definition) is 6. The van der Waals surface area contributed by atoms with Gasteiger partial charge >= 0.3 is 5.97 Å². The van der Waals surface area contributed by atoms with E-state index in [2.05, 4.69) is 5.10 Å².